The van der Waals surface area contributed by atoms with Gasteiger partial charge in [-0.2, -0.15) is 0 Å². The number of carbonyl (C=O) groups excluding carboxylic acids is 2. The Bertz CT molecular complexity index is 612. The maximum Gasteiger partial charge on any atom is 0.310 e. The molecule has 5 rings (SSSR count). The van der Waals surface area contributed by atoms with Gasteiger partial charge in [0.2, 0.25) is 0 Å². The maximum absolute atomic E-state index is 12.4. The van der Waals surface area contributed by atoms with Crippen LogP contribution in [0.5, 0.6) is 0 Å². The van der Waals surface area contributed by atoms with E-state index in [1.54, 1.807) is 0 Å². The predicted octanol–water partition coefficient (Wildman–Crippen LogP) is 1.13. The first-order valence-corrected chi connectivity index (χ1v) is 8.29. The number of esters is 2. The van der Waals surface area contributed by atoms with Crippen LogP contribution in [-0.2, 0) is 19.1 Å². The van der Waals surface area contributed by atoms with E-state index >= 15 is 0 Å². The molecule has 5 aliphatic rings. The van der Waals surface area contributed by atoms with Crippen molar-refractivity contribution in [3.8, 4) is 0 Å². The normalized spacial score (nSPS) is 58.8. The van der Waals surface area contributed by atoms with Crippen molar-refractivity contribution in [3.63, 3.8) is 0 Å². The van der Waals surface area contributed by atoms with E-state index in [1.165, 1.54) is 7.11 Å². The van der Waals surface area contributed by atoms with Gasteiger partial charge in [0.15, 0.2) is 0 Å². The zero-order valence-corrected chi connectivity index (χ0v) is 13.2. The molecule has 0 bridgehead atoms. The molecule has 4 saturated carbocycles. The lowest BCUT2D eigenvalue weighted by Crippen LogP contribution is -2.57. The Labute approximate surface area is 129 Å². The minimum Gasteiger partial charge on any atom is -0.469 e. The van der Waals surface area contributed by atoms with Crippen molar-refractivity contribution in [1.82, 2.24) is 0 Å². The number of carbonyl (C=O) groups is 2. The smallest absolute Gasteiger partial charge is 0.310 e. The highest BCUT2D eigenvalue weighted by Gasteiger charge is 2.90. The summed E-state index contributed by atoms with van der Waals surface area (Å²) in [5, 5.41) is 11.0. The van der Waals surface area contributed by atoms with Gasteiger partial charge in [-0.15, -0.1) is 0 Å². The van der Waals surface area contributed by atoms with Gasteiger partial charge in [0, 0.05) is 11.8 Å². The first kappa shape index (κ1) is 13.3. The van der Waals surface area contributed by atoms with Crippen LogP contribution < -0.4 is 0 Å². The summed E-state index contributed by atoms with van der Waals surface area (Å²) in [6.45, 7) is 4.11. The van der Waals surface area contributed by atoms with Gasteiger partial charge < -0.3 is 14.6 Å². The molecular weight excluding hydrogens is 284 g/mol. The average Bonchev–Trinajstić information content (AvgIpc) is 2.93. The van der Waals surface area contributed by atoms with Gasteiger partial charge in [-0.25, -0.2) is 0 Å². The molecule has 1 N–H and O–H groups in total. The van der Waals surface area contributed by atoms with Gasteiger partial charge in [-0.1, -0.05) is 13.8 Å². The third-order valence-electron chi connectivity index (χ3n) is 7.74. The number of rotatable bonds is 1. The summed E-state index contributed by atoms with van der Waals surface area (Å²) in [5.41, 5.74) is -1.37. The standard InChI is InChI=1S/C17H22O5/c1-15(2)6-16-9-4-7-10(11(7)16)13(19)22-17(16,14(15)20)5-8(9)12(18)21-3/h7-11,14,20H,4-6H2,1-3H3/t7-,8-,9+,10+,11-,14-,16-,17+/m1/s1. The van der Waals surface area contributed by atoms with E-state index in [0.29, 0.717) is 18.3 Å². The highest BCUT2D eigenvalue weighted by atomic mass is 16.6. The van der Waals surface area contributed by atoms with Crippen molar-refractivity contribution >= 4 is 11.9 Å². The maximum atomic E-state index is 12.4. The second kappa shape index (κ2) is 3.37. The Morgan fingerprint density at radius 3 is 2.82 bits per heavy atom. The molecule has 1 heterocycles. The highest BCUT2D eigenvalue weighted by Crippen LogP contribution is 2.85. The first-order chi connectivity index (χ1) is 10.3. The fourth-order valence-corrected chi connectivity index (χ4v) is 7.31. The summed E-state index contributed by atoms with van der Waals surface area (Å²) in [4.78, 5) is 24.7. The lowest BCUT2D eigenvalue weighted by Gasteiger charge is -2.46. The van der Waals surface area contributed by atoms with Crippen LogP contribution in [0.3, 0.4) is 0 Å². The van der Waals surface area contributed by atoms with Crippen molar-refractivity contribution < 1.29 is 24.2 Å². The Balaban J connectivity index is 1.71. The molecule has 5 fully saturated rings. The van der Waals surface area contributed by atoms with Gasteiger partial charge in [-0.05, 0) is 36.0 Å². The summed E-state index contributed by atoms with van der Waals surface area (Å²) in [6, 6.07) is 0. The molecule has 22 heavy (non-hydrogen) atoms. The molecular formula is C17H22O5. The molecule has 8 atom stereocenters. The van der Waals surface area contributed by atoms with Crippen LogP contribution in [0.2, 0.25) is 0 Å². The number of hydrogen-bond acceptors (Lipinski definition) is 5. The Morgan fingerprint density at radius 1 is 1.41 bits per heavy atom. The monoisotopic (exact) mass is 306 g/mol. The van der Waals surface area contributed by atoms with E-state index in [4.69, 9.17) is 9.47 Å². The molecule has 5 nitrogen and oxygen atoms in total. The second-order valence-corrected chi connectivity index (χ2v) is 8.81. The van der Waals surface area contributed by atoms with Crippen LogP contribution in [-0.4, -0.2) is 35.9 Å². The van der Waals surface area contributed by atoms with E-state index in [-0.39, 0.29) is 40.5 Å². The lowest BCUT2D eigenvalue weighted by molar-refractivity contribution is -0.206. The molecule has 0 aromatic heterocycles. The SMILES string of the molecule is COC(=O)[C@@H]1C[C@@]23OC(=O)[C@H]4[C@H]5C[C@@H]1[C@]2(CC(C)(C)[C@H]3O)[C@H]54. The Morgan fingerprint density at radius 2 is 2.14 bits per heavy atom. The van der Waals surface area contributed by atoms with E-state index in [0.717, 1.165) is 12.8 Å². The minimum absolute atomic E-state index is 0.0156. The number of aliphatic hydroxyl groups excluding tert-OH is 1. The fourth-order valence-electron chi connectivity index (χ4n) is 7.31. The number of aliphatic hydroxyl groups is 1. The summed E-state index contributed by atoms with van der Waals surface area (Å²) in [5.74, 6) is 0.274. The zero-order valence-electron chi connectivity index (χ0n) is 13.2. The molecule has 0 amide bonds. The van der Waals surface area contributed by atoms with Crippen LogP contribution in [0.15, 0.2) is 0 Å². The van der Waals surface area contributed by atoms with Crippen molar-refractivity contribution in [2.75, 3.05) is 7.11 Å². The van der Waals surface area contributed by atoms with Crippen molar-refractivity contribution in [2.45, 2.75) is 44.8 Å². The van der Waals surface area contributed by atoms with Crippen molar-refractivity contribution in [1.29, 1.82) is 0 Å². The Hall–Kier alpha value is -1.10. The van der Waals surface area contributed by atoms with Crippen molar-refractivity contribution in [2.24, 2.45) is 40.4 Å². The van der Waals surface area contributed by atoms with Gasteiger partial charge >= 0.3 is 11.9 Å². The largest absolute Gasteiger partial charge is 0.469 e. The van der Waals surface area contributed by atoms with Gasteiger partial charge in [0.25, 0.3) is 0 Å². The van der Waals surface area contributed by atoms with E-state index in [2.05, 4.69) is 13.8 Å². The van der Waals surface area contributed by atoms with Gasteiger partial charge in [0.1, 0.15) is 5.60 Å². The Kier molecular flexibility index (Phi) is 2.05. The fraction of sp³-hybridized carbons (Fsp3) is 0.882. The summed E-state index contributed by atoms with van der Waals surface area (Å²) >= 11 is 0. The minimum atomic E-state index is -0.872. The molecule has 0 radical (unpaired) electrons. The summed E-state index contributed by atoms with van der Waals surface area (Å²) < 4.78 is 11.0. The average molecular weight is 306 g/mol. The third-order valence-corrected chi connectivity index (χ3v) is 7.74. The molecule has 120 valence electrons. The topological polar surface area (TPSA) is 72.8 Å². The van der Waals surface area contributed by atoms with Crippen LogP contribution >= 0.6 is 0 Å². The van der Waals surface area contributed by atoms with E-state index in [9.17, 15) is 14.7 Å². The number of ether oxygens (including phenoxy) is 2. The molecule has 1 aliphatic heterocycles. The van der Waals surface area contributed by atoms with Crippen LogP contribution in [0.4, 0.5) is 0 Å². The molecule has 1 saturated heterocycles. The zero-order chi connectivity index (χ0) is 15.7. The molecule has 0 aromatic rings. The molecule has 4 aliphatic carbocycles. The highest BCUT2D eigenvalue weighted by molar-refractivity contribution is 5.82. The summed E-state index contributed by atoms with van der Waals surface area (Å²) in [7, 11) is 1.42. The molecule has 1 spiro atoms. The molecule has 0 unspecified atom stereocenters. The predicted molar refractivity (Wildman–Crippen MR) is 74.4 cm³/mol. The number of hydrogen-bond donors (Lipinski definition) is 1. The van der Waals surface area contributed by atoms with E-state index < -0.39 is 11.7 Å². The third kappa shape index (κ3) is 1.05. The lowest BCUT2D eigenvalue weighted by atomic mass is 9.66. The van der Waals surface area contributed by atoms with Gasteiger partial charge in [-0.3, -0.25) is 9.59 Å². The number of methoxy groups -OCH3 is 1. The van der Waals surface area contributed by atoms with Crippen LogP contribution in [0, 0.1) is 40.4 Å². The van der Waals surface area contributed by atoms with Crippen LogP contribution in [0.25, 0.3) is 0 Å². The number of fused-ring (bicyclic) bond motifs is 1. The second-order valence-electron chi connectivity index (χ2n) is 8.81. The van der Waals surface area contributed by atoms with Crippen LogP contribution in [0.1, 0.15) is 33.1 Å². The first-order valence-electron chi connectivity index (χ1n) is 8.29. The summed E-state index contributed by atoms with van der Waals surface area (Å²) in [6.07, 6.45) is 1.47. The molecule has 5 heteroatoms. The molecule has 0 aromatic carbocycles. The van der Waals surface area contributed by atoms with Crippen molar-refractivity contribution in [3.05, 3.63) is 0 Å². The van der Waals surface area contributed by atoms with Gasteiger partial charge in [0.05, 0.1) is 25.0 Å². The van der Waals surface area contributed by atoms with E-state index in [1.807, 2.05) is 0 Å². The quantitative estimate of drug-likeness (QED) is 0.735.